The second-order valence-corrected chi connectivity index (χ2v) is 23.1. The third-order valence-electron chi connectivity index (χ3n) is 15.5. The molecule has 0 aromatic carbocycles. The Morgan fingerprint density at radius 2 is 0.446 bits per heavy atom. The molecule has 1 unspecified atom stereocenters. The van der Waals surface area contributed by atoms with Gasteiger partial charge in [0.25, 0.3) is 0 Å². The Labute approximate surface area is 462 Å². The van der Waals surface area contributed by atoms with Crippen LogP contribution in [0.25, 0.3) is 0 Å². The van der Waals surface area contributed by atoms with Gasteiger partial charge in [0.1, 0.15) is 13.2 Å². The predicted molar refractivity (Wildman–Crippen MR) is 321 cm³/mol. The van der Waals surface area contributed by atoms with Crippen LogP contribution in [0.15, 0.2) is 12.2 Å². The van der Waals surface area contributed by atoms with Gasteiger partial charge in [-0.2, -0.15) is 0 Å². The first-order valence-corrected chi connectivity index (χ1v) is 33.7. The molecule has 1 atom stereocenters. The van der Waals surface area contributed by atoms with Crippen molar-refractivity contribution in [2.75, 3.05) is 13.2 Å². The van der Waals surface area contributed by atoms with Crippen LogP contribution >= 0.6 is 0 Å². The molecule has 0 spiro atoms. The fourth-order valence-electron chi connectivity index (χ4n) is 10.4. The molecule has 0 aliphatic carbocycles. The Hall–Kier alpha value is -1.85. The van der Waals surface area contributed by atoms with Crippen molar-refractivity contribution in [3.8, 4) is 0 Å². The van der Waals surface area contributed by atoms with E-state index in [0.717, 1.165) is 64.2 Å². The monoisotopic (exact) mass is 1040 g/mol. The van der Waals surface area contributed by atoms with Gasteiger partial charge in [0.05, 0.1) is 0 Å². The summed E-state index contributed by atoms with van der Waals surface area (Å²) >= 11 is 0. The maximum atomic E-state index is 12.8. The molecular formula is C68H130O6. The van der Waals surface area contributed by atoms with Gasteiger partial charge in [-0.15, -0.1) is 0 Å². The van der Waals surface area contributed by atoms with Gasteiger partial charge in [-0.3, -0.25) is 14.4 Å². The third-order valence-corrected chi connectivity index (χ3v) is 15.5. The molecule has 0 bridgehead atoms. The Balaban J connectivity index is 3.92. The second kappa shape index (κ2) is 63.7. The molecule has 0 radical (unpaired) electrons. The van der Waals surface area contributed by atoms with Gasteiger partial charge in [0.2, 0.25) is 0 Å². The minimum Gasteiger partial charge on any atom is -0.462 e. The van der Waals surface area contributed by atoms with Gasteiger partial charge >= 0.3 is 17.9 Å². The number of hydrogen-bond donors (Lipinski definition) is 0. The molecule has 0 aliphatic rings. The van der Waals surface area contributed by atoms with Crippen molar-refractivity contribution in [2.24, 2.45) is 0 Å². The van der Waals surface area contributed by atoms with Crippen molar-refractivity contribution in [3.05, 3.63) is 12.2 Å². The van der Waals surface area contributed by atoms with Crippen LogP contribution in [-0.2, 0) is 28.6 Å². The summed E-state index contributed by atoms with van der Waals surface area (Å²) < 4.78 is 16.8. The molecule has 0 aromatic rings. The molecule has 438 valence electrons. The first kappa shape index (κ1) is 72.2. The van der Waals surface area contributed by atoms with Crippen molar-refractivity contribution in [2.45, 2.75) is 393 Å². The molecule has 0 heterocycles. The zero-order valence-electron chi connectivity index (χ0n) is 50.4. The average Bonchev–Trinajstić information content (AvgIpc) is 3.40. The smallest absolute Gasteiger partial charge is 0.306 e. The lowest BCUT2D eigenvalue weighted by atomic mass is 10.0. The van der Waals surface area contributed by atoms with Gasteiger partial charge in [0.15, 0.2) is 6.10 Å². The Kier molecular flexibility index (Phi) is 62.1. The predicted octanol–water partition coefficient (Wildman–Crippen LogP) is 22.8. The highest BCUT2D eigenvalue weighted by Gasteiger charge is 2.19. The van der Waals surface area contributed by atoms with Crippen molar-refractivity contribution < 1.29 is 28.6 Å². The largest absolute Gasteiger partial charge is 0.462 e. The molecule has 0 saturated carbocycles. The minimum atomic E-state index is -0.762. The van der Waals surface area contributed by atoms with Crippen molar-refractivity contribution in [1.29, 1.82) is 0 Å². The lowest BCUT2D eigenvalue weighted by Crippen LogP contribution is -2.30. The van der Waals surface area contributed by atoms with Crippen molar-refractivity contribution >= 4 is 17.9 Å². The number of unbranched alkanes of at least 4 members (excludes halogenated alkanes) is 50. The van der Waals surface area contributed by atoms with Crippen LogP contribution in [0.5, 0.6) is 0 Å². The van der Waals surface area contributed by atoms with E-state index in [2.05, 4.69) is 32.9 Å². The molecule has 0 aromatic heterocycles. The second-order valence-electron chi connectivity index (χ2n) is 23.1. The van der Waals surface area contributed by atoms with Gasteiger partial charge in [-0.25, -0.2) is 0 Å². The Morgan fingerprint density at radius 1 is 0.257 bits per heavy atom. The van der Waals surface area contributed by atoms with E-state index in [1.165, 1.54) is 283 Å². The zero-order valence-corrected chi connectivity index (χ0v) is 50.4. The number of carbonyl (C=O) groups excluding carboxylic acids is 3. The van der Waals surface area contributed by atoms with Gasteiger partial charge < -0.3 is 14.2 Å². The number of rotatable bonds is 63. The molecule has 74 heavy (non-hydrogen) atoms. The molecule has 0 amide bonds. The zero-order chi connectivity index (χ0) is 53.6. The van der Waals surface area contributed by atoms with Crippen LogP contribution in [0.2, 0.25) is 0 Å². The normalized spacial score (nSPS) is 12.0. The number of ether oxygens (including phenoxy) is 3. The quantitative estimate of drug-likeness (QED) is 0.0261. The summed E-state index contributed by atoms with van der Waals surface area (Å²) in [6, 6.07) is 0. The van der Waals surface area contributed by atoms with Crippen molar-refractivity contribution in [3.63, 3.8) is 0 Å². The summed E-state index contributed by atoms with van der Waals surface area (Å²) in [7, 11) is 0. The molecule has 0 saturated heterocycles. The van der Waals surface area contributed by atoms with Crippen LogP contribution < -0.4 is 0 Å². The number of esters is 3. The highest BCUT2D eigenvalue weighted by Crippen LogP contribution is 2.19. The van der Waals surface area contributed by atoms with E-state index in [1.807, 2.05) is 0 Å². The van der Waals surface area contributed by atoms with Crippen LogP contribution in [0, 0.1) is 0 Å². The molecule has 6 nitrogen and oxygen atoms in total. The van der Waals surface area contributed by atoms with E-state index < -0.39 is 6.10 Å². The van der Waals surface area contributed by atoms with E-state index in [9.17, 15) is 14.4 Å². The molecule has 6 heteroatoms. The summed E-state index contributed by atoms with van der Waals surface area (Å²) in [5, 5.41) is 0. The first-order chi connectivity index (χ1) is 36.5. The summed E-state index contributed by atoms with van der Waals surface area (Å²) in [5.41, 5.74) is 0. The minimum absolute atomic E-state index is 0.0640. The maximum Gasteiger partial charge on any atom is 0.306 e. The van der Waals surface area contributed by atoms with Crippen LogP contribution in [0.4, 0.5) is 0 Å². The lowest BCUT2D eigenvalue weighted by molar-refractivity contribution is -0.167. The van der Waals surface area contributed by atoms with Crippen LogP contribution in [-0.4, -0.2) is 37.2 Å². The van der Waals surface area contributed by atoms with E-state index in [-0.39, 0.29) is 31.1 Å². The standard InChI is InChI=1S/C68H130O6/c1-4-7-10-13-15-17-19-21-23-25-27-29-31-32-33-34-35-36-37-39-40-42-44-46-48-50-52-55-58-61-67(70)73-64-65(63-72-66(69)60-57-54-12-9-6-3)74-68(71)62-59-56-53-51-49-47-45-43-41-38-30-28-26-24-22-20-18-16-14-11-8-5-2/h25,27,65H,4-24,26,28-64H2,1-3H3/b27-25-. The summed E-state index contributed by atoms with van der Waals surface area (Å²) in [6.45, 7) is 6.63. The van der Waals surface area contributed by atoms with E-state index in [4.69, 9.17) is 14.2 Å². The first-order valence-electron chi connectivity index (χ1n) is 33.7. The Morgan fingerprint density at radius 3 is 0.676 bits per heavy atom. The number of hydrogen-bond acceptors (Lipinski definition) is 6. The topological polar surface area (TPSA) is 78.9 Å². The molecule has 0 N–H and O–H groups in total. The number of allylic oxidation sites excluding steroid dienone is 2. The molecule has 0 aliphatic heterocycles. The van der Waals surface area contributed by atoms with Crippen molar-refractivity contribution in [1.82, 2.24) is 0 Å². The fourth-order valence-corrected chi connectivity index (χ4v) is 10.4. The molecule has 0 rings (SSSR count). The van der Waals surface area contributed by atoms with Gasteiger partial charge in [-0.1, -0.05) is 335 Å². The maximum absolute atomic E-state index is 12.8. The fraction of sp³-hybridized carbons (Fsp3) is 0.926. The average molecular weight is 1040 g/mol. The molecule has 0 fully saturated rings. The van der Waals surface area contributed by atoms with Gasteiger partial charge in [-0.05, 0) is 44.9 Å². The summed E-state index contributed by atoms with van der Waals surface area (Å²) in [4.78, 5) is 37.9. The lowest BCUT2D eigenvalue weighted by Gasteiger charge is -2.18. The van der Waals surface area contributed by atoms with Crippen LogP contribution in [0.3, 0.4) is 0 Å². The highest BCUT2D eigenvalue weighted by atomic mass is 16.6. The van der Waals surface area contributed by atoms with E-state index in [1.54, 1.807) is 0 Å². The number of carbonyl (C=O) groups is 3. The van der Waals surface area contributed by atoms with E-state index in [0.29, 0.717) is 19.3 Å². The Bertz CT molecular complexity index is 1150. The third kappa shape index (κ3) is 61.0. The van der Waals surface area contributed by atoms with E-state index >= 15 is 0 Å². The summed E-state index contributed by atoms with van der Waals surface area (Å²) in [5.74, 6) is -0.849. The summed E-state index contributed by atoms with van der Waals surface area (Å²) in [6.07, 6.45) is 75.8. The van der Waals surface area contributed by atoms with Crippen LogP contribution in [0.1, 0.15) is 387 Å². The highest BCUT2D eigenvalue weighted by molar-refractivity contribution is 5.71. The molecular weight excluding hydrogens is 913 g/mol. The van der Waals surface area contributed by atoms with Gasteiger partial charge in [0, 0.05) is 19.3 Å². The SMILES string of the molecule is CCCCCCCCCC/C=C\CCCCCCCCCCCCCCCCCCCC(=O)OCC(COC(=O)CCCCCCC)OC(=O)CCCCCCCCCCCCCCCCCCCCCCCC.